The molecule has 0 fully saturated rings. The van der Waals surface area contributed by atoms with Crippen molar-refractivity contribution >= 4 is 28.3 Å². The van der Waals surface area contributed by atoms with Gasteiger partial charge in [0.2, 0.25) is 0 Å². The van der Waals surface area contributed by atoms with Gasteiger partial charge in [0.25, 0.3) is 5.56 Å². The van der Waals surface area contributed by atoms with Crippen LogP contribution in [0.3, 0.4) is 0 Å². The molecule has 0 saturated heterocycles. The SMILES string of the molecule is Cc1oc2ccccc2c1CNc1cn[nH]c(=O)c1Cl. The highest BCUT2D eigenvalue weighted by Crippen LogP contribution is 2.26. The van der Waals surface area contributed by atoms with E-state index in [2.05, 4.69) is 15.5 Å². The molecule has 0 spiro atoms. The van der Waals surface area contributed by atoms with Crippen molar-refractivity contribution in [1.29, 1.82) is 0 Å². The number of nitrogens with zero attached hydrogens (tertiary/aromatic N) is 1. The third-order valence-corrected chi connectivity index (χ3v) is 3.53. The van der Waals surface area contributed by atoms with Gasteiger partial charge in [0, 0.05) is 17.5 Å². The number of rotatable bonds is 3. The van der Waals surface area contributed by atoms with E-state index in [0.717, 1.165) is 22.3 Å². The van der Waals surface area contributed by atoms with Crippen molar-refractivity contribution in [3.05, 3.63) is 57.2 Å². The monoisotopic (exact) mass is 289 g/mol. The molecule has 0 aliphatic rings. The molecule has 2 heterocycles. The number of furan rings is 1. The maximum atomic E-state index is 11.4. The van der Waals surface area contributed by atoms with E-state index in [1.165, 1.54) is 6.20 Å². The summed E-state index contributed by atoms with van der Waals surface area (Å²) >= 11 is 5.92. The number of aromatic nitrogens is 2. The molecule has 0 radical (unpaired) electrons. The molecule has 0 unspecified atom stereocenters. The third kappa shape index (κ3) is 2.16. The molecular formula is C14H12ClN3O2. The zero-order chi connectivity index (χ0) is 14.1. The van der Waals surface area contributed by atoms with Gasteiger partial charge in [-0.15, -0.1) is 0 Å². The van der Waals surface area contributed by atoms with E-state index in [-0.39, 0.29) is 5.02 Å². The van der Waals surface area contributed by atoms with E-state index >= 15 is 0 Å². The van der Waals surface area contributed by atoms with Gasteiger partial charge in [0.15, 0.2) is 0 Å². The van der Waals surface area contributed by atoms with Crippen LogP contribution in [0.1, 0.15) is 11.3 Å². The number of anilines is 1. The zero-order valence-electron chi connectivity index (χ0n) is 10.7. The van der Waals surface area contributed by atoms with Crippen LogP contribution in [0.2, 0.25) is 5.02 Å². The Kier molecular flexibility index (Phi) is 3.20. The summed E-state index contributed by atoms with van der Waals surface area (Å²) < 4.78 is 5.68. The predicted molar refractivity (Wildman–Crippen MR) is 78.1 cm³/mol. The lowest BCUT2D eigenvalue weighted by Gasteiger charge is -2.06. The van der Waals surface area contributed by atoms with Gasteiger partial charge in [-0.2, -0.15) is 5.10 Å². The van der Waals surface area contributed by atoms with Crippen LogP contribution in [-0.2, 0) is 6.54 Å². The number of aromatic amines is 1. The summed E-state index contributed by atoms with van der Waals surface area (Å²) in [5, 5.41) is 10.3. The highest BCUT2D eigenvalue weighted by molar-refractivity contribution is 6.32. The highest BCUT2D eigenvalue weighted by atomic mass is 35.5. The molecule has 20 heavy (non-hydrogen) atoms. The number of fused-ring (bicyclic) bond motifs is 1. The summed E-state index contributed by atoms with van der Waals surface area (Å²) in [4.78, 5) is 11.4. The average molecular weight is 290 g/mol. The van der Waals surface area contributed by atoms with Crippen LogP contribution >= 0.6 is 11.6 Å². The number of para-hydroxylation sites is 1. The van der Waals surface area contributed by atoms with Gasteiger partial charge in [-0.25, -0.2) is 5.10 Å². The molecule has 3 rings (SSSR count). The number of aryl methyl sites for hydroxylation is 1. The topological polar surface area (TPSA) is 70.9 Å². The van der Waals surface area contributed by atoms with Crippen molar-refractivity contribution in [2.45, 2.75) is 13.5 Å². The molecule has 0 aliphatic carbocycles. The van der Waals surface area contributed by atoms with E-state index < -0.39 is 5.56 Å². The second-order valence-electron chi connectivity index (χ2n) is 4.41. The fraction of sp³-hybridized carbons (Fsp3) is 0.143. The zero-order valence-corrected chi connectivity index (χ0v) is 11.5. The maximum absolute atomic E-state index is 11.4. The van der Waals surface area contributed by atoms with Crippen LogP contribution in [-0.4, -0.2) is 10.2 Å². The minimum atomic E-state index is -0.412. The number of nitrogens with one attached hydrogen (secondary N) is 2. The summed E-state index contributed by atoms with van der Waals surface area (Å²) in [7, 11) is 0. The fourth-order valence-electron chi connectivity index (χ4n) is 2.13. The summed E-state index contributed by atoms with van der Waals surface area (Å²) in [5.41, 5.74) is 1.97. The first-order valence-electron chi connectivity index (χ1n) is 6.11. The van der Waals surface area contributed by atoms with Crippen molar-refractivity contribution in [3.63, 3.8) is 0 Å². The Morgan fingerprint density at radius 3 is 3.05 bits per heavy atom. The van der Waals surface area contributed by atoms with E-state index in [9.17, 15) is 4.79 Å². The molecule has 0 saturated carbocycles. The second-order valence-corrected chi connectivity index (χ2v) is 4.79. The van der Waals surface area contributed by atoms with Gasteiger partial charge in [-0.3, -0.25) is 4.79 Å². The van der Waals surface area contributed by atoms with Crippen LogP contribution in [0.4, 0.5) is 5.69 Å². The minimum Gasteiger partial charge on any atom is -0.461 e. The Labute approximate surface area is 119 Å². The van der Waals surface area contributed by atoms with Gasteiger partial charge in [-0.1, -0.05) is 29.8 Å². The molecule has 5 nitrogen and oxygen atoms in total. The third-order valence-electron chi connectivity index (χ3n) is 3.15. The summed E-state index contributed by atoms with van der Waals surface area (Å²) in [5.74, 6) is 0.840. The number of hydrogen-bond donors (Lipinski definition) is 2. The van der Waals surface area contributed by atoms with Crippen molar-refractivity contribution in [1.82, 2.24) is 10.2 Å². The Morgan fingerprint density at radius 2 is 2.20 bits per heavy atom. The number of hydrogen-bond acceptors (Lipinski definition) is 4. The van der Waals surface area contributed by atoms with Crippen LogP contribution in [0.5, 0.6) is 0 Å². The molecule has 3 aromatic rings. The van der Waals surface area contributed by atoms with Crippen molar-refractivity contribution in [2.24, 2.45) is 0 Å². The fourth-order valence-corrected chi connectivity index (χ4v) is 2.29. The molecule has 0 aliphatic heterocycles. The smallest absolute Gasteiger partial charge is 0.285 e. The largest absolute Gasteiger partial charge is 0.461 e. The first-order valence-corrected chi connectivity index (χ1v) is 6.48. The van der Waals surface area contributed by atoms with Gasteiger partial charge in [-0.05, 0) is 13.0 Å². The van der Waals surface area contributed by atoms with Gasteiger partial charge in [0.05, 0.1) is 11.9 Å². The Balaban J connectivity index is 1.92. The van der Waals surface area contributed by atoms with E-state index in [4.69, 9.17) is 16.0 Å². The van der Waals surface area contributed by atoms with Crippen LogP contribution < -0.4 is 10.9 Å². The van der Waals surface area contributed by atoms with Crippen molar-refractivity contribution < 1.29 is 4.42 Å². The summed E-state index contributed by atoms with van der Waals surface area (Å²) in [6, 6.07) is 7.82. The highest BCUT2D eigenvalue weighted by Gasteiger charge is 2.11. The molecule has 2 aromatic heterocycles. The minimum absolute atomic E-state index is 0.102. The first kappa shape index (κ1) is 12.7. The van der Waals surface area contributed by atoms with E-state index in [0.29, 0.717) is 12.2 Å². The van der Waals surface area contributed by atoms with Gasteiger partial charge in [0.1, 0.15) is 16.4 Å². The van der Waals surface area contributed by atoms with Crippen LogP contribution in [0.15, 0.2) is 39.7 Å². The predicted octanol–water partition coefficient (Wildman–Crippen LogP) is 3.09. The number of halogens is 1. The van der Waals surface area contributed by atoms with Crippen molar-refractivity contribution in [2.75, 3.05) is 5.32 Å². The molecule has 6 heteroatoms. The average Bonchev–Trinajstić information content (AvgIpc) is 2.76. The Bertz CT molecular complexity index is 823. The molecule has 0 atom stereocenters. The van der Waals surface area contributed by atoms with Crippen LogP contribution in [0.25, 0.3) is 11.0 Å². The summed E-state index contributed by atoms with van der Waals surface area (Å²) in [6.45, 7) is 2.42. The lowest BCUT2D eigenvalue weighted by molar-refractivity contribution is 0.573. The Morgan fingerprint density at radius 1 is 1.40 bits per heavy atom. The van der Waals surface area contributed by atoms with Crippen molar-refractivity contribution in [3.8, 4) is 0 Å². The van der Waals surface area contributed by atoms with Gasteiger partial charge < -0.3 is 9.73 Å². The maximum Gasteiger partial charge on any atom is 0.285 e. The lowest BCUT2D eigenvalue weighted by atomic mass is 10.1. The molecule has 102 valence electrons. The first-order chi connectivity index (χ1) is 9.66. The quantitative estimate of drug-likeness (QED) is 0.777. The van der Waals surface area contributed by atoms with Gasteiger partial charge >= 0.3 is 0 Å². The standard InChI is InChI=1S/C14H12ClN3O2/c1-8-10(9-4-2-3-5-12(9)20-8)6-16-11-7-17-18-14(19)13(11)15/h2-5,7H,6H2,1H3,(H2,16,18,19). The molecular weight excluding hydrogens is 278 g/mol. The number of benzene rings is 1. The Hall–Kier alpha value is -2.27. The molecule has 2 N–H and O–H groups in total. The number of H-pyrrole nitrogens is 1. The van der Waals surface area contributed by atoms with Crippen LogP contribution in [0, 0.1) is 6.92 Å². The van der Waals surface area contributed by atoms with E-state index in [1.54, 1.807) is 0 Å². The molecule has 1 aromatic carbocycles. The molecule has 0 amide bonds. The molecule has 0 bridgehead atoms. The lowest BCUT2D eigenvalue weighted by Crippen LogP contribution is -2.11. The van der Waals surface area contributed by atoms with E-state index in [1.807, 2.05) is 31.2 Å². The normalized spacial score (nSPS) is 10.9. The summed E-state index contributed by atoms with van der Waals surface area (Å²) in [6.07, 6.45) is 1.49. The second kappa shape index (κ2) is 5.02.